The van der Waals surface area contributed by atoms with E-state index in [4.69, 9.17) is 0 Å². The zero-order chi connectivity index (χ0) is 14.8. The van der Waals surface area contributed by atoms with Gasteiger partial charge in [0, 0.05) is 22.1 Å². The first-order chi connectivity index (χ1) is 10.1. The third-order valence-electron chi connectivity index (χ3n) is 3.25. The number of benzene rings is 2. The van der Waals surface area contributed by atoms with E-state index in [2.05, 4.69) is 10.3 Å². The third kappa shape index (κ3) is 2.73. The summed E-state index contributed by atoms with van der Waals surface area (Å²) in [5.74, 6) is -0.909. The highest BCUT2D eigenvalue weighted by Gasteiger charge is 2.11. The molecule has 5 heteroatoms. The molecule has 0 saturated heterocycles. The zero-order valence-electron chi connectivity index (χ0n) is 11.5. The first-order valence-corrected chi connectivity index (χ1v) is 7.43. The van der Waals surface area contributed by atoms with Crippen LogP contribution in [0.4, 0.5) is 5.69 Å². The molecule has 2 aromatic carbocycles. The van der Waals surface area contributed by atoms with Crippen LogP contribution in [-0.2, 0) is 6.54 Å². The van der Waals surface area contributed by atoms with Crippen molar-refractivity contribution in [1.29, 1.82) is 0 Å². The Labute approximate surface area is 126 Å². The second kappa shape index (κ2) is 5.54. The van der Waals surface area contributed by atoms with Gasteiger partial charge in [-0.3, -0.25) is 0 Å². The van der Waals surface area contributed by atoms with Crippen molar-refractivity contribution in [3.8, 4) is 0 Å². The minimum atomic E-state index is -0.909. The molecule has 1 aromatic heterocycles. The molecule has 0 atom stereocenters. The highest BCUT2D eigenvalue weighted by molar-refractivity contribution is 7.09. The van der Waals surface area contributed by atoms with Crippen molar-refractivity contribution in [3.05, 3.63) is 58.0 Å². The molecule has 1 heterocycles. The van der Waals surface area contributed by atoms with Crippen LogP contribution >= 0.6 is 11.3 Å². The molecular formula is C16H14N2O2S. The van der Waals surface area contributed by atoms with Crippen molar-refractivity contribution in [2.45, 2.75) is 13.5 Å². The highest BCUT2D eigenvalue weighted by Crippen LogP contribution is 2.27. The normalized spacial score (nSPS) is 10.7. The number of anilines is 1. The van der Waals surface area contributed by atoms with Gasteiger partial charge in [-0.05, 0) is 24.4 Å². The summed E-state index contributed by atoms with van der Waals surface area (Å²) < 4.78 is 0. The van der Waals surface area contributed by atoms with Gasteiger partial charge in [0.2, 0.25) is 0 Å². The average Bonchev–Trinajstić information content (AvgIpc) is 2.90. The number of carboxylic acids is 1. The molecule has 21 heavy (non-hydrogen) atoms. The van der Waals surface area contributed by atoms with Crippen LogP contribution in [-0.4, -0.2) is 16.1 Å². The molecule has 0 fully saturated rings. The van der Waals surface area contributed by atoms with Crippen LogP contribution in [0.15, 0.2) is 41.8 Å². The summed E-state index contributed by atoms with van der Waals surface area (Å²) in [5.41, 5.74) is 2.26. The molecule has 0 bridgehead atoms. The fourth-order valence-electron chi connectivity index (χ4n) is 2.29. The fourth-order valence-corrected chi connectivity index (χ4v) is 3.01. The Kier molecular flexibility index (Phi) is 3.58. The maximum absolute atomic E-state index is 11.3. The zero-order valence-corrected chi connectivity index (χ0v) is 12.3. The van der Waals surface area contributed by atoms with Gasteiger partial charge in [0.1, 0.15) is 5.01 Å². The van der Waals surface area contributed by atoms with E-state index in [1.165, 1.54) is 0 Å². The first-order valence-electron chi connectivity index (χ1n) is 6.55. The fraction of sp³-hybridized carbons (Fsp3) is 0.125. The number of carbonyl (C=O) groups is 1. The predicted octanol–water partition coefficient (Wildman–Crippen LogP) is 3.92. The molecule has 0 aliphatic rings. The van der Waals surface area contributed by atoms with Gasteiger partial charge in [0.25, 0.3) is 0 Å². The third-order valence-corrected chi connectivity index (χ3v) is 4.22. The standard InChI is InChI=1S/C16H14N2O2S/c1-10-9-21-15(18-10)8-17-14-7-6-13(16(19)20)11-4-2-3-5-12(11)14/h2-7,9,17H,8H2,1H3,(H,19,20). The molecule has 0 radical (unpaired) electrons. The Morgan fingerprint density at radius 2 is 2.00 bits per heavy atom. The SMILES string of the molecule is Cc1csc(CNc2ccc(C(=O)O)c3ccccc23)n1. The number of hydrogen-bond acceptors (Lipinski definition) is 4. The average molecular weight is 298 g/mol. The van der Waals surface area contributed by atoms with Gasteiger partial charge in [-0.25, -0.2) is 9.78 Å². The van der Waals surface area contributed by atoms with E-state index >= 15 is 0 Å². The second-order valence-corrected chi connectivity index (χ2v) is 5.69. The van der Waals surface area contributed by atoms with E-state index in [-0.39, 0.29) is 0 Å². The monoisotopic (exact) mass is 298 g/mol. The van der Waals surface area contributed by atoms with Crippen LogP contribution in [0.5, 0.6) is 0 Å². The number of thiazole rings is 1. The Morgan fingerprint density at radius 3 is 2.67 bits per heavy atom. The number of nitrogens with one attached hydrogen (secondary N) is 1. The lowest BCUT2D eigenvalue weighted by molar-refractivity contribution is 0.0699. The Hall–Kier alpha value is -2.40. The molecule has 0 spiro atoms. The summed E-state index contributed by atoms with van der Waals surface area (Å²) in [4.78, 5) is 15.7. The van der Waals surface area contributed by atoms with E-state index in [1.807, 2.05) is 42.6 Å². The summed E-state index contributed by atoms with van der Waals surface area (Å²) in [5, 5.41) is 17.3. The molecule has 0 aliphatic heterocycles. The Balaban J connectivity index is 1.96. The van der Waals surface area contributed by atoms with Crippen molar-refractivity contribution in [2.75, 3.05) is 5.32 Å². The number of carboxylic acid groups (broad SMARTS) is 1. The van der Waals surface area contributed by atoms with E-state index in [0.717, 1.165) is 27.2 Å². The van der Waals surface area contributed by atoms with E-state index in [1.54, 1.807) is 17.4 Å². The lowest BCUT2D eigenvalue weighted by Crippen LogP contribution is -2.02. The highest BCUT2D eigenvalue weighted by atomic mass is 32.1. The lowest BCUT2D eigenvalue weighted by Gasteiger charge is -2.10. The smallest absolute Gasteiger partial charge is 0.336 e. The van der Waals surface area contributed by atoms with Gasteiger partial charge in [-0.15, -0.1) is 11.3 Å². The number of aromatic carboxylic acids is 1. The molecule has 0 saturated carbocycles. The van der Waals surface area contributed by atoms with Crippen molar-refractivity contribution in [1.82, 2.24) is 4.98 Å². The molecule has 4 nitrogen and oxygen atoms in total. The summed E-state index contributed by atoms with van der Waals surface area (Å²) in [6.45, 7) is 2.60. The van der Waals surface area contributed by atoms with Gasteiger partial charge in [0.05, 0.1) is 12.1 Å². The van der Waals surface area contributed by atoms with Crippen LogP contribution in [0.3, 0.4) is 0 Å². The number of hydrogen-bond donors (Lipinski definition) is 2. The minimum absolute atomic E-state index is 0.321. The van der Waals surface area contributed by atoms with Gasteiger partial charge in [0.15, 0.2) is 0 Å². The number of nitrogens with zero attached hydrogens (tertiary/aromatic N) is 1. The number of fused-ring (bicyclic) bond motifs is 1. The maximum atomic E-state index is 11.3. The summed E-state index contributed by atoms with van der Waals surface area (Å²) >= 11 is 1.61. The molecule has 3 aromatic rings. The van der Waals surface area contributed by atoms with Crippen LogP contribution in [0, 0.1) is 6.92 Å². The first kappa shape index (κ1) is 13.6. The van der Waals surface area contributed by atoms with Crippen LogP contribution in [0.25, 0.3) is 10.8 Å². The van der Waals surface area contributed by atoms with Gasteiger partial charge in [-0.1, -0.05) is 24.3 Å². The van der Waals surface area contributed by atoms with Crippen molar-refractivity contribution in [2.24, 2.45) is 0 Å². The molecule has 0 unspecified atom stereocenters. The molecule has 0 amide bonds. The van der Waals surface area contributed by atoms with Crippen LogP contribution in [0.2, 0.25) is 0 Å². The molecule has 2 N–H and O–H groups in total. The largest absolute Gasteiger partial charge is 0.478 e. The van der Waals surface area contributed by atoms with Gasteiger partial charge in [-0.2, -0.15) is 0 Å². The van der Waals surface area contributed by atoms with Crippen molar-refractivity contribution in [3.63, 3.8) is 0 Å². The summed E-state index contributed by atoms with van der Waals surface area (Å²) in [7, 11) is 0. The molecular weight excluding hydrogens is 284 g/mol. The van der Waals surface area contributed by atoms with E-state index in [0.29, 0.717) is 12.1 Å². The van der Waals surface area contributed by atoms with Crippen LogP contribution < -0.4 is 5.32 Å². The van der Waals surface area contributed by atoms with Gasteiger partial charge < -0.3 is 10.4 Å². The number of aryl methyl sites for hydroxylation is 1. The van der Waals surface area contributed by atoms with Crippen molar-refractivity contribution < 1.29 is 9.90 Å². The topological polar surface area (TPSA) is 62.2 Å². The van der Waals surface area contributed by atoms with E-state index in [9.17, 15) is 9.90 Å². The summed E-state index contributed by atoms with van der Waals surface area (Å²) in [6, 6.07) is 11.0. The summed E-state index contributed by atoms with van der Waals surface area (Å²) in [6.07, 6.45) is 0. The van der Waals surface area contributed by atoms with Gasteiger partial charge >= 0.3 is 5.97 Å². The predicted molar refractivity (Wildman–Crippen MR) is 85.1 cm³/mol. The quantitative estimate of drug-likeness (QED) is 0.766. The molecule has 0 aliphatic carbocycles. The molecule has 3 rings (SSSR count). The Morgan fingerprint density at radius 1 is 1.24 bits per heavy atom. The van der Waals surface area contributed by atoms with E-state index < -0.39 is 5.97 Å². The lowest BCUT2D eigenvalue weighted by atomic mass is 10.0. The number of rotatable bonds is 4. The second-order valence-electron chi connectivity index (χ2n) is 4.75. The number of aromatic nitrogens is 1. The Bertz CT molecular complexity index is 811. The maximum Gasteiger partial charge on any atom is 0.336 e. The minimum Gasteiger partial charge on any atom is -0.478 e. The van der Waals surface area contributed by atoms with Crippen LogP contribution in [0.1, 0.15) is 21.1 Å². The molecule has 106 valence electrons. The van der Waals surface area contributed by atoms with Crippen molar-refractivity contribution >= 4 is 33.8 Å².